The first-order valence-electron chi connectivity index (χ1n) is 9.97. The van der Waals surface area contributed by atoms with Crippen molar-refractivity contribution in [1.82, 2.24) is 9.80 Å². The van der Waals surface area contributed by atoms with Crippen molar-refractivity contribution in [3.8, 4) is 5.75 Å². The molecule has 30 heavy (non-hydrogen) atoms. The smallest absolute Gasteiger partial charge is 0.311 e. The molecule has 1 aliphatic heterocycles. The Morgan fingerprint density at radius 3 is 2.57 bits per heavy atom. The molecule has 0 saturated carbocycles. The molecule has 1 heterocycles. The molecular formula is C22H27N3O5. The van der Waals surface area contributed by atoms with Crippen LogP contribution in [0, 0.1) is 10.1 Å². The molecule has 1 fully saturated rings. The fourth-order valence-corrected chi connectivity index (χ4v) is 3.60. The van der Waals surface area contributed by atoms with Crippen molar-refractivity contribution in [3.05, 3.63) is 69.8 Å². The molecule has 0 N–H and O–H groups in total. The lowest BCUT2D eigenvalue weighted by Crippen LogP contribution is -2.48. The van der Waals surface area contributed by atoms with Gasteiger partial charge in [0.15, 0.2) is 5.75 Å². The largest absolute Gasteiger partial charge is 0.490 e. The van der Waals surface area contributed by atoms with E-state index in [0.29, 0.717) is 26.3 Å². The van der Waals surface area contributed by atoms with Gasteiger partial charge in [-0.3, -0.25) is 19.8 Å². The number of ether oxygens (including phenoxy) is 2. The number of amides is 1. The van der Waals surface area contributed by atoms with Gasteiger partial charge in [-0.25, -0.2) is 0 Å². The van der Waals surface area contributed by atoms with Gasteiger partial charge in [-0.15, -0.1) is 0 Å². The van der Waals surface area contributed by atoms with E-state index >= 15 is 0 Å². The molecule has 1 unspecified atom stereocenters. The second kappa shape index (κ2) is 10.2. The average molecular weight is 413 g/mol. The van der Waals surface area contributed by atoms with E-state index in [9.17, 15) is 14.9 Å². The highest BCUT2D eigenvalue weighted by Gasteiger charge is 2.27. The van der Waals surface area contributed by atoms with Crippen molar-refractivity contribution in [1.29, 1.82) is 0 Å². The predicted molar refractivity (Wildman–Crippen MR) is 113 cm³/mol. The first-order chi connectivity index (χ1) is 14.5. The summed E-state index contributed by atoms with van der Waals surface area (Å²) in [4.78, 5) is 28.3. The maximum Gasteiger partial charge on any atom is 0.311 e. The third kappa shape index (κ3) is 5.34. The first-order valence-corrected chi connectivity index (χ1v) is 9.97. The van der Waals surface area contributed by atoms with Crippen molar-refractivity contribution < 1.29 is 19.2 Å². The number of hydrogen-bond acceptors (Lipinski definition) is 6. The van der Waals surface area contributed by atoms with E-state index in [4.69, 9.17) is 9.47 Å². The predicted octanol–water partition coefficient (Wildman–Crippen LogP) is 2.97. The molecule has 0 bridgehead atoms. The van der Waals surface area contributed by atoms with Crippen LogP contribution in [0.5, 0.6) is 5.75 Å². The molecule has 0 radical (unpaired) electrons. The van der Waals surface area contributed by atoms with Crippen molar-refractivity contribution in [2.24, 2.45) is 0 Å². The minimum atomic E-state index is -0.533. The Kier molecular flexibility index (Phi) is 7.37. The number of benzene rings is 2. The summed E-state index contributed by atoms with van der Waals surface area (Å²) in [6.45, 7) is 6.16. The number of rotatable bonds is 8. The summed E-state index contributed by atoms with van der Waals surface area (Å²) < 4.78 is 10.5. The van der Waals surface area contributed by atoms with Crippen LogP contribution in [0.4, 0.5) is 5.69 Å². The Labute approximate surface area is 176 Å². The number of nitro groups is 1. The molecule has 3 rings (SSSR count). The summed E-state index contributed by atoms with van der Waals surface area (Å²) in [6.07, 6.45) is 0. The number of morpholine rings is 1. The Bertz CT molecular complexity index is 868. The highest BCUT2D eigenvalue weighted by molar-refractivity contribution is 5.95. The number of nitro benzene ring substituents is 1. The topological polar surface area (TPSA) is 85.2 Å². The van der Waals surface area contributed by atoms with Crippen LogP contribution < -0.4 is 4.74 Å². The lowest BCUT2D eigenvalue weighted by Gasteiger charge is -2.35. The van der Waals surface area contributed by atoms with Crippen LogP contribution in [0.3, 0.4) is 0 Å². The molecule has 1 amide bonds. The second-order valence-electron chi connectivity index (χ2n) is 7.32. The van der Waals surface area contributed by atoms with E-state index in [1.54, 1.807) is 11.0 Å². The number of methoxy groups -OCH3 is 1. The Morgan fingerprint density at radius 2 is 1.93 bits per heavy atom. The van der Waals surface area contributed by atoms with Gasteiger partial charge in [0.2, 0.25) is 0 Å². The van der Waals surface area contributed by atoms with Crippen LogP contribution in [0.2, 0.25) is 0 Å². The molecule has 0 spiro atoms. The molecule has 1 saturated heterocycles. The van der Waals surface area contributed by atoms with Gasteiger partial charge in [0.1, 0.15) is 0 Å². The fraction of sp³-hybridized carbons (Fsp3) is 0.409. The van der Waals surface area contributed by atoms with Gasteiger partial charge in [-0.1, -0.05) is 30.3 Å². The van der Waals surface area contributed by atoms with E-state index in [0.717, 1.165) is 18.7 Å². The van der Waals surface area contributed by atoms with Crippen molar-refractivity contribution >= 4 is 11.6 Å². The third-order valence-corrected chi connectivity index (χ3v) is 5.24. The first kappa shape index (κ1) is 21.7. The number of nitrogens with zero attached hydrogens (tertiary/aromatic N) is 3. The van der Waals surface area contributed by atoms with E-state index < -0.39 is 4.92 Å². The van der Waals surface area contributed by atoms with E-state index in [1.165, 1.54) is 19.2 Å². The molecule has 1 atom stereocenters. The van der Waals surface area contributed by atoms with Crippen molar-refractivity contribution in [2.75, 3.05) is 40.0 Å². The summed E-state index contributed by atoms with van der Waals surface area (Å²) in [5.74, 6) is -0.113. The highest BCUT2D eigenvalue weighted by Crippen LogP contribution is 2.28. The maximum absolute atomic E-state index is 13.4. The molecule has 2 aromatic carbocycles. The Balaban J connectivity index is 1.87. The molecule has 160 valence electrons. The van der Waals surface area contributed by atoms with E-state index in [1.807, 2.05) is 37.3 Å². The van der Waals surface area contributed by atoms with Gasteiger partial charge in [0, 0.05) is 43.9 Å². The van der Waals surface area contributed by atoms with Crippen molar-refractivity contribution in [2.45, 2.75) is 19.5 Å². The zero-order valence-electron chi connectivity index (χ0n) is 17.3. The van der Waals surface area contributed by atoms with Gasteiger partial charge < -0.3 is 14.4 Å². The minimum Gasteiger partial charge on any atom is -0.490 e. The normalized spacial score (nSPS) is 15.4. The van der Waals surface area contributed by atoms with Gasteiger partial charge in [-0.2, -0.15) is 0 Å². The standard InChI is InChI=1S/C22H27N3O5/c1-17(15-23-10-12-30-13-11-23)24(16-18-6-4-3-5-7-18)22(26)19-8-9-21(29-2)20(14-19)25(27)28/h3-9,14,17H,10-13,15-16H2,1-2H3. The van der Waals surface area contributed by atoms with Gasteiger partial charge in [-0.05, 0) is 24.6 Å². The van der Waals surface area contributed by atoms with E-state index in [-0.39, 0.29) is 28.9 Å². The fourth-order valence-electron chi connectivity index (χ4n) is 3.60. The quantitative estimate of drug-likeness (QED) is 0.489. The lowest BCUT2D eigenvalue weighted by atomic mass is 10.1. The van der Waals surface area contributed by atoms with Crippen molar-refractivity contribution in [3.63, 3.8) is 0 Å². The number of hydrogen-bond donors (Lipinski definition) is 0. The highest BCUT2D eigenvalue weighted by atomic mass is 16.6. The zero-order chi connectivity index (χ0) is 21.5. The summed E-state index contributed by atoms with van der Waals surface area (Å²) >= 11 is 0. The molecular weight excluding hydrogens is 386 g/mol. The van der Waals surface area contributed by atoms with Gasteiger partial charge in [0.25, 0.3) is 5.91 Å². The van der Waals surface area contributed by atoms with Crippen LogP contribution in [0.25, 0.3) is 0 Å². The maximum atomic E-state index is 13.4. The summed E-state index contributed by atoms with van der Waals surface area (Å²) in [7, 11) is 1.37. The average Bonchev–Trinajstić information content (AvgIpc) is 2.77. The lowest BCUT2D eigenvalue weighted by molar-refractivity contribution is -0.385. The SMILES string of the molecule is COc1ccc(C(=O)N(Cc2ccccc2)C(C)CN2CCOCC2)cc1[N+](=O)[O-]. The molecule has 0 aliphatic carbocycles. The van der Waals surface area contributed by atoms with Crippen LogP contribution in [0.15, 0.2) is 48.5 Å². The minimum absolute atomic E-state index is 0.0861. The van der Waals surface area contributed by atoms with Crippen LogP contribution in [-0.4, -0.2) is 66.6 Å². The molecule has 8 heteroatoms. The summed E-state index contributed by atoms with van der Waals surface area (Å²) in [6, 6.07) is 14.0. The Morgan fingerprint density at radius 1 is 1.23 bits per heavy atom. The zero-order valence-corrected chi connectivity index (χ0v) is 17.3. The molecule has 8 nitrogen and oxygen atoms in total. The third-order valence-electron chi connectivity index (χ3n) is 5.24. The van der Waals surface area contributed by atoms with Gasteiger partial charge in [0.05, 0.1) is 25.2 Å². The number of carbonyl (C=O) groups is 1. The Hall–Kier alpha value is -2.97. The van der Waals surface area contributed by atoms with Crippen LogP contribution in [0.1, 0.15) is 22.8 Å². The second-order valence-corrected chi connectivity index (χ2v) is 7.32. The van der Waals surface area contributed by atoms with Crippen LogP contribution >= 0.6 is 0 Å². The summed E-state index contributed by atoms with van der Waals surface area (Å²) in [5.41, 5.74) is 1.05. The monoisotopic (exact) mass is 413 g/mol. The van der Waals surface area contributed by atoms with Crippen LogP contribution in [-0.2, 0) is 11.3 Å². The molecule has 1 aliphatic rings. The molecule has 0 aromatic heterocycles. The van der Waals surface area contributed by atoms with E-state index in [2.05, 4.69) is 4.90 Å². The van der Waals surface area contributed by atoms with Gasteiger partial charge >= 0.3 is 5.69 Å². The molecule has 2 aromatic rings. The number of carbonyl (C=O) groups excluding carboxylic acids is 1. The summed E-state index contributed by atoms with van der Waals surface area (Å²) in [5, 5.41) is 11.4.